The average Bonchev–Trinajstić information content (AvgIpc) is 3.04. The number of thioether (sulfide) groups is 1. The van der Waals surface area contributed by atoms with Crippen molar-refractivity contribution in [3.05, 3.63) is 48.0 Å². The summed E-state index contributed by atoms with van der Waals surface area (Å²) in [6.45, 7) is 1.78. The highest BCUT2D eigenvalue weighted by molar-refractivity contribution is 8.00. The number of rotatable bonds is 6. The third kappa shape index (κ3) is 3.89. The molecule has 2 heterocycles. The molecule has 136 valence electrons. The molecule has 0 fully saturated rings. The Morgan fingerprint density at radius 1 is 1.15 bits per heavy atom. The Hall–Kier alpha value is -2.38. The third-order valence-corrected chi connectivity index (χ3v) is 5.14. The number of methoxy groups -OCH3 is 1. The fourth-order valence-corrected chi connectivity index (χ4v) is 3.96. The van der Waals surface area contributed by atoms with Crippen LogP contribution in [-0.4, -0.2) is 42.5 Å². The quantitative estimate of drug-likeness (QED) is 0.721. The lowest BCUT2D eigenvalue weighted by molar-refractivity contribution is -0.153. The van der Waals surface area contributed by atoms with Crippen molar-refractivity contribution in [2.75, 3.05) is 20.3 Å². The number of carbonyl (C=O) groups excluding carboxylic acids is 2. The van der Waals surface area contributed by atoms with E-state index >= 15 is 0 Å². The highest BCUT2D eigenvalue weighted by Crippen LogP contribution is 2.46. The average molecular weight is 373 g/mol. The van der Waals surface area contributed by atoms with E-state index in [0.717, 1.165) is 16.8 Å². The summed E-state index contributed by atoms with van der Waals surface area (Å²) in [6.07, 6.45) is -0.607. The second kappa shape index (κ2) is 8.33. The van der Waals surface area contributed by atoms with Gasteiger partial charge in [-0.3, -0.25) is 4.79 Å². The summed E-state index contributed by atoms with van der Waals surface area (Å²) in [4.78, 5) is 28.4. The van der Waals surface area contributed by atoms with Gasteiger partial charge in [0.2, 0.25) is 0 Å². The summed E-state index contributed by atoms with van der Waals surface area (Å²) < 4.78 is 15.5. The molecule has 0 radical (unpaired) electrons. The first-order valence-corrected chi connectivity index (χ1v) is 9.10. The lowest BCUT2D eigenvalue weighted by Gasteiger charge is -2.17. The monoisotopic (exact) mass is 373 g/mol. The van der Waals surface area contributed by atoms with E-state index in [4.69, 9.17) is 14.2 Å². The zero-order valence-corrected chi connectivity index (χ0v) is 15.3. The summed E-state index contributed by atoms with van der Waals surface area (Å²) in [5.74, 6) is -0.883. The number of nitrogens with zero attached hydrogens (tertiary/aromatic N) is 1. The van der Waals surface area contributed by atoms with Gasteiger partial charge in [0, 0.05) is 11.1 Å². The molecule has 1 aromatic heterocycles. The highest BCUT2D eigenvalue weighted by Gasteiger charge is 2.41. The van der Waals surface area contributed by atoms with E-state index < -0.39 is 23.3 Å². The molecule has 1 aliphatic heterocycles. The van der Waals surface area contributed by atoms with Gasteiger partial charge in [-0.2, -0.15) is 0 Å². The Balaban J connectivity index is 1.86. The molecule has 0 amide bonds. The number of fused-ring (bicyclic) bond motifs is 1. The summed E-state index contributed by atoms with van der Waals surface area (Å²) in [7, 11) is 1.33. The number of ether oxygens (including phenoxy) is 3. The zero-order chi connectivity index (χ0) is 18.5. The van der Waals surface area contributed by atoms with Gasteiger partial charge in [-0.1, -0.05) is 48.2 Å². The van der Waals surface area contributed by atoms with Crippen molar-refractivity contribution in [1.29, 1.82) is 0 Å². The molecule has 1 aliphatic rings. The predicted molar refractivity (Wildman–Crippen MR) is 96.7 cm³/mol. The lowest BCUT2D eigenvalue weighted by Crippen LogP contribution is -2.26. The summed E-state index contributed by atoms with van der Waals surface area (Å²) in [6, 6.07) is 13.5. The van der Waals surface area contributed by atoms with Gasteiger partial charge in [-0.15, -0.1) is 0 Å². The van der Waals surface area contributed by atoms with Crippen molar-refractivity contribution in [3.8, 4) is 11.3 Å². The highest BCUT2D eigenvalue weighted by atomic mass is 32.2. The second-order valence-corrected chi connectivity index (χ2v) is 6.69. The van der Waals surface area contributed by atoms with Gasteiger partial charge < -0.3 is 14.2 Å². The van der Waals surface area contributed by atoms with E-state index in [9.17, 15) is 9.59 Å². The van der Waals surface area contributed by atoms with Crippen molar-refractivity contribution in [1.82, 2.24) is 4.98 Å². The van der Waals surface area contributed by atoms with E-state index in [-0.39, 0.29) is 13.2 Å². The molecule has 2 aromatic rings. The van der Waals surface area contributed by atoms with Crippen molar-refractivity contribution in [2.24, 2.45) is 0 Å². The van der Waals surface area contributed by atoms with Crippen LogP contribution in [0.1, 0.15) is 18.6 Å². The maximum atomic E-state index is 12.2. The van der Waals surface area contributed by atoms with Gasteiger partial charge >= 0.3 is 11.9 Å². The number of benzene rings is 1. The van der Waals surface area contributed by atoms with E-state index in [1.807, 2.05) is 42.5 Å². The van der Waals surface area contributed by atoms with Crippen molar-refractivity contribution < 1.29 is 23.8 Å². The van der Waals surface area contributed by atoms with Crippen LogP contribution in [0.15, 0.2) is 47.5 Å². The predicted octanol–water partition coefficient (Wildman–Crippen LogP) is 3.02. The number of hydrogen-bond acceptors (Lipinski definition) is 7. The Morgan fingerprint density at radius 3 is 2.62 bits per heavy atom. The number of hydrogen-bond donors (Lipinski definition) is 0. The van der Waals surface area contributed by atoms with Gasteiger partial charge in [0.25, 0.3) is 0 Å². The fourth-order valence-electron chi connectivity index (χ4n) is 2.70. The molecule has 6 nitrogen and oxygen atoms in total. The van der Waals surface area contributed by atoms with Crippen LogP contribution in [-0.2, 0) is 23.8 Å². The minimum Gasteiger partial charge on any atom is -0.468 e. The number of aromatic nitrogens is 1. The largest absolute Gasteiger partial charge is 0.468 e. The Bertz CT molecular complexity index is 796. The van der Waals surface area contributed by atoms with Gasteiger partial charge in [0.1, 0.15) is 23.0 Å². The molecule has 0 saturated carbocycles. The normalized spacial score (nSPS) is 18.2. The third-order valence-electron chi connectivity index (χ3n) is 3.90. The van der Waals surface area contributed by atoms with Crippen molar-refractivity contribution in [2.45, 2.75) is 23.3 Å². The molecule has 0 spiro atoms. The van der Waals surface area contributed by atoms with Crippen LogP contribution in [0, 0.1) is 0 Å². The summed E-state index contributed by atoms with van der Waals surface area (Å²) in [5.41, 5.74) is 2.57. The van der Waals surface area contributed by atoms with E-state index in [1.165, 1.54) is 18.9 Å². The molecule has 0 saturated heterocycles. The second-order valence-electron chi connectivity index (χ2n) is 5.56. The molecule has 0 aliphatic carbocycles. The van der Waals surface area contributed by atoms with Crippen LogP contribution in [0.25, 0.3) is 11.3 Å². The molecular formula is C19H19NO5S. The SMILES string of the molecule is CCOC(=O)COC1c2ccc(-c3ccccc3)nc2SC1C(=O)OC. The van der Waals surface area contributed by atoms with E-state index in [2.05, 4.69) is 4.98 Å². The minimum absolute atomic E-state index is 0.230. The van der Waals surface area contributed by atoms with Gasteiger partial charge in [-0.25, -0.2) is 9.78 Å². The first-order chi connectivity index (χ1) is 12.6. The molecule has 0 bridgehead atoms. The molecule has 2 atom stereocenters. The molecular weight excluding hydrogens is 354 g/mol. The topological polar surface area (TPSA) is 74.7 Å². The van der Waals surface area contributed by atoms with Crippen LogP contribution in [0.3, 0.4) is 0 Å². The molecule has 3 rings (SSSR count). The summed E-state index contributed by atoms with van der Waals surface area (Å²) in [5, 5.41) is 0.0959. The number of pyridine rings is 1. The standard InChI is InChI=1S/C19H19NO5S/c1-3-24-15(21)11-25-16-13-9-10-14(12-7-5-4-6-8-12)20-18(13)26-17(16)19(22)23-2/h4-10,16-17H,3,11H2,1-2H3. The minimum atomic E-state index is -0.608. The molecule has 7 heteroatoms. The van der Waals surface area contributed by atoms with Gasteiger partial charge in [-0.05, 0) is 13.0 Å². The first kappa shape index (κ1) is 18.4. The van der Waals surface area contributed by atoms with Crippen LogP contribution in [0.2, 0.25) is 0 Å². The summed E-state index contributed by atoms with van der Waals surface area (Å²) >= 11 is 1.29. The smallest absolute Gasteiger partial charge is 0.332 e. The number of carbonyl (C=O) groups is 2. The van der Waals surface area contributed by atoms with Crippen molar-refractivity contribution in [3.63, 3.8) is 0 Å². The maximum absolute atomic E-state index is 12.2. The van der Waals surface area contributed by atoms with Crippen LogP contribution in [0.4, 0.5) is 0 Å². The maximum Gasteiger partial charge on any atom is 0.332 e. The number of esters is 2. The van der Waals surface area contributed by atoms with Gasteiger partial charge in [0.15, 0.2) is 0 Å². The van der Waals surface area contributed by atoms with Crippen molar-refractivity contribution >= 4 is 23.7 Å². The molecule has 26 heavy (non-hydrogen) atoms. The van der Waals surface area contributed by atoms with Crippen LogP contribution in [0.5, 0.6) is 0 Å². The van der Waals surface area contributed by atoms with Crippen LogP contribution < -0.4 is 0 Å². The Labute approximate surface area is 155 Å². The lowest BCUT2D eigenvalue weighted by atomic mass is 10.1. The zero-order valence-electron chi connectivity index (χ0n) is 14.5. The van der Waals surface area contributed by atoms with E-state index in [0.29, 0.717) is 5.03 Å². The van der Waals surface area contributed by atoms with Crippen LogP contribution >= 0.6 is 11.8 Å². The van der Waals surface area contributed by atoms with Gasteiger partial charge in [0.05, 0.1) is 19.4 Å². The Kier molecular flexibility index (Phi) is 5.90. The van der Waals surface area contributed by atoms with E-state index in [1.54, 1.807) is 6.92 Å². The molecule has 1 aromatic carbocycles. The molecule has 2 unspecified atom stereocenters. The molecule has 0 N–H and O–H groups in total. The first-order valence-electron chi connectivity index (χ1n) is 8.22. The fraction of sp³-hybridized carbons (Fsp3) is 0.316. The Morgan fingerprint density at radius 2 is 1.92 bits per heavy atom.